The van der Waals surface area contributed by atoms with Gasteiger partial charge in [-0.2, -0.15) is 0 Å². The average Bonchev–Trinajstić information content (AvgIpc) is 0.677. The highest BCUT2D eigenvalue weighted by molar-refractivity contribution is 5.96. The van der Waals surface area contributed by atoms with E-state index in [1.54, 1.807) is 11.1 Å². The number of ketones is 1. The van der Waals surface area contributed by atoms with Crippen molar-refractivity contribution in [3.8, 4) is 0 Å². The topological polar surface area (TPSA) is 274 Å². The standard InChI is InChI=1S/C30H46O4.C30H48O4.2C30H50O3/c1-25(2)21-8-11-30(7)23(28(21,5)10-9-22(25)32)20(31)16-18-19-17-27(4,24(33)34)13-12-26(19,3)14-15-29(18,30)6;1-25(2)12-14-30(24(33)34)15-13-28(6)18(19(30)16-25)8-9-21-27(5)11-10-22(32)26(3,4)23(27)20(31)17-29(21,28)7;1-18-10-15-30(25(32)33)17-16-28(6)20(24(30)19(18)2)8-9-22-27(5)13-12-23(31)26(3,4)21(27)11-14-29(22,28)7;1-25(2)14-16-30(24(32)33)17-15-28(6)19(20(30)18-25)8-9-22-27(5)12-11-23(31)26(3,4)21(27)10-13-29(22,28)7/h16,19,21-23,32H,8-15,17H2,1-7H3,(H,33,34);8,19-23,31-32H,9-17H2,1-7H3,(H,33,34);8,18-19,21-25,31-33H,9-17H2,1-7H3;8,20-24,31-33H,9-18H2,1-7H3/t19-,21-,22-,23+,26+,27-,28-,29+,30+;19?,20-,21?,22+,23?,27-,28-,29-,30+;18-,19+,21+,22-,23+,24+,27+,28-,29-,30+;20-,21-,22+,23-,27-,28+,29+,30-/m0110/s1. The average molecular weight is 1860 g/mol. The molecule has 20 aliphatic carbocycles. The van der Waals surface area contributed by atoms with Crippen LogP contribution < -0.4 is 0 Å². The van der Waals surface area contributed by atoms with Gasteiger partial charge >= 0.3 is 11.9 Å². The van der Waals surface area contributed by atoms with Crippen molar-refractivity contribution >= 4 is 17.7 Å². The van der Waals surface area contributed by atoms with Crippen LogP contribution in [-0.4, -0.2) is 117 Å². The monoisotopic (exact) mass is 1860 g/mol. The zero-order chi connectivity index (χ0) is 98.7. The maximum atomic E-state index is 14.2. The Morgan fingerprint density at radius 1 is 0.336 bits per heavy atom. The molecule has 0 bridgehead atoms. The first-order valence-electron chi connectivity index (χ1n) is 55.5. The smallest absolute Gasteiger partial charge is 0.310 e. The van der Waals surface area contributed by atoms with Crippen molar-refractivity contribution in [3.05, 3.63) is 46.6 Å². The van der Waals surface area contributed by atoms with Crippen LogP contribution in [0.5, 0.6) is 0 Å². The highest BCUT2D eigenvalue weighted by Crippen LogP contribution is 2.83. The molecule has 0 heterocycles. The van der Waals surface area contributed by atoms with Gasteiger partial charge in [-0.25, -0.2) is 0 Å². The Kier molecular flexibility index (Phi) is 24.6. The number of aliphatic carboxylic acids is 2. The number of rotatable bonds is 4. The third-order valence-corrected chi connectivity index (χ3v) is 52.7. The Hall–Kier alpha value is -2.79. The summed E-state index contributed by atoms with van der Waals surface area (Å²) in [7, 11) is 0. The van der Waals surface area contributed by atoms with Gasteiger partial charge in [0.05, 0.1) is 41.3 Å². The third kappa shape index (κ3) is 13.7. The van der Waals surface area contributed by atoms with E-state index >= 15 is 0 Å². The summed E-state index contributed by atoms with van der Waals surface area (Å²) in [5, 5.41) is 119. The number of carboxylic acid groups (broad SMARTS) is 2. The van der Waals surface area contributed by atoms with Crippen LogP contribution in [0.15, 0.2) is 46.6 Å². The van der Waals surface area contributed by atoms with Gasteiger partial charge in [-0.3, -0.25) is 14.4 Å². The van der Waals surface area contributed by atoms with Gasteiger partial charge in [0.2, 0.25) is 0 Å². The van der Waals surface area contributed by atoms with Crippen LogP contribution in [0.1, 0.15) is 431 Å². The van der Waals surface area contributed by atoms with Gasteiger partial charge in [0.15, 0.2) is 18.4 Å². The number of fused-ring (bicyclic) bond motifs is 28. The third-order valence-electron chi connectivity index (χ3n) is 52.7. The van der Waals surface area contributed by atoms with Gasteiger partial charge in [0.25, 0.3) is 0 Å². The van der Waals surface area contributed by atoms with E-state index in [9.17, 15) is 70.6 Å². The predicted octanol–water partition coefficient (Wildman–Crippen LogP) is 25.4. The van der Waals surface area contributed by atoms with Crippen LogP contribution in [0, 0.1) is 207 Å². The van der Waals surface area contributed by atoms with Gasteiger partial charge in [0, 0.05) is 16.7 Å². The Balaban J connectivity index is 0.000000124. The van der Waals surface area contributed by atoms with Gasteiger partial charge in [-0.05, 0) is 430 Å². The van der Waals surface area contributed by atoms with Crippen LogP contribution in [0.4, 0.5) is 0 Å². The minimum absolute atomic E-state index is 0.0185. The molecule has 0 amide bonds. The lowest BCUT2D eigenvalue weighted by atomic mass is 9.33. The lowest BCUT2D eigenvalue weighted by Gasteiger charge is -2.72. The summed E-state index contributed by atoms with van der Waals surface area (Å²) in [6.07, 6.45) is 42.3. The quantitative estimate of drug-likeness (QED) is 0.0923. The summed E-state index contributed by atoms with van der Waals surface area (Å²) in [4.78, 5) is 39.2. The predicted molar refractivity (Wildman–Crippen MR) is 534 cm³/mol. The first-order chi connectivity index (χ1) is 61.5. The molecule has 3 unspecified atom stereocenters. The van der Waals surface area contributed by atoms with Gasteiger partial charge in [0.1, 0.15) is 0 Å². The van der Waals surface area contributed by atoms with Crippen molar-refractivity contribution in [3.63, 3.8) is 0 Å². The minimum Gasteiger partial charge on any atom is -0.481 e. The maximum Gasteiger partial charge on any atom is 0.310 e. The molecule has 0 aromatic heterocycles. The number of aliphatic hydroxyl groups excluding tert-OH is 7. The van der Waals surface area contributed by atoms with E-state index in [-0.39, 0.29) is 179 Å². The number of carbonyl (C=O) groups is 3. The summed E-state index contributed by atoms with van der Waals surface area (Å²) in [6.45, 7) is 66.2. The molecule has 0 aromatic carbocycles. The van der Waals surface area contributed by atoms with E-state index in [0.29, 0.717) is 53.8 Å². The normalized spacial score (nSPS) is 54.0. The number of hydrogen-bond donors (Lipinski definition) is 11. The molecule has 0 spiro atoms. The number of aliphatic hydroxyl groups is 9. The van der Waals surface area contributed by atoms with Crippen LogP contribution in [-0.2, 0) is 14.4 Å². The van der Waals surface area contributed by atoms with Crippen LogP contribution in [0.2, 0.25) is 0 Å². The molecule has 0 aliphatic heterocycles. The molecule has 134 heavy (non-hydrogen) atoms. The minimum atomic E-state index is -1.22. The van der Waals surface area contributed by atoms with E-state index in [1.807, 2.05) is 13.0 Å². The second-order valence-corrected chi connectivity index (χ2v) is 60.0. The zero-order valence-corrected chi connectivity index (χ0v) is 89.7. The number of hydrogen-bond acceptors (Lipinski definition) is 12. The van der Waals surface area contributed by atoms with Crippen molar-refractivity contribution < 1.29 is 70.6 Å². The second-order valence-electron chi connectivity index (χ2n) is 60.0. The summed E-state index contributed by atoms with van der Waals surface area (Å²) in [6, 6.07) is 0. The first kappa shape index (κ1) is 103. The molecule has 16 saturated carbocycles. The van der Waals surface area contributed by atoms with Gasteiger partial charge < -0.3 is 56.2 Å². The first-order valence-corrected chi connectivity index (χ1v) is 55.5. The van der Waals surface area contributed by atoms with Crippen molar-refractivity contribution in [2.45, 2.75) is 475 Å². The molecule has 11 N–H and O–H groups in total. The molecule has 20 aliphatic rings. The van der Waals surface area contributed by atoms with E-state index in [4.69, 9.17) is 0 Å². The maximum absolute atomic E-state index is 14.2. The van der Waals surface area contributed by atoms with Crippen molar-refractivity contribution in [2.75, 3.05) is 0 Å². The molecule has 16 fully saturated rings. The second kappa shape index (κ2) is 32.1. The highest BCUT2D eigenvalue weighted by atomic mass is 16.5. The van der Waals surface area contributed by atoms with Gasteiger partial charge in [-0.1, -0.05) is 227 Å². The fourth-order valence-electron chi connectivity index (χ4n) is 42.9. The van der Waals surface area contributed by atoms with Crippen molar-refractivity contribution in [1.29, 1.82) is 0 Å². The molecule has 14 nitrogen and oxygen atoms in total. The number of allylic oxidation sites excluding steroid dienone is 8. The van der Waals surface area contributed by atoms with E-state index in [2.05, 4.69) is 205 Å². The molecule has 36 atom stereocenters. The molecule has 0 aromatic rings. The molecule has 14 heteroatoms. The molecule has 20 rings (SSSR count). The molecule has 758 valence electrons. The van der Waals surface area contributed by atoms with Crippen molar-refractivity contribution in [2.24, 2.45) is 207 Å². The molecule has 0 radical (unpaired) electrons. The lowest BCUT2D eigenvalue weighted by molar-refractivity contribution is -0.242. The zero-order valence-electron chi connectivity index (χ0n) is 89.7. The Morgan fingerprint density at radius 2 is 0.724 bits per heavy atom. The number of carbonyl (C=O) groups excluding carboxylic acids is 1. The largest absolute Gasteiger partial charge is 0.481 e. The Labute approximate surface area is 812 Å². The summed E-state index contributed by atoms with van der Waals surface area (Å²) in [5.41, 5.74) is 4.45. The molecular formula is C120H194O14. The van der Waals surface area contributed by atoms with Gasteiger partial charge in [-0.15, -0.1) is 0 Å². The SMILES string of the molecule is CC1(C)CC[C@]2(C(=O)O)CC[C@]3(C)C(=CCC4[C@@]5(C)CC[C@H](O)C(C)(C)C5[C@H](O)C[C@]43C)C2C1.CC1(C)CC[C@]2(C(O)O)CC[C@]3(C)C(=CC[C@@H]4[C@@]5(C)CC[C@H](O)C(C)(C)[C@@H]5CC[C@]43C)[C@@H]2C1.CC1(C)[C@@H](O)CC[C@]2(C)[C@H]3C(=O)C=C4[C@@H]5C[C@@](C)(C(=O)O)CC[C@]5(C)CC[C@@]4(C)[C@]3(C)CC[C@@H]12.C[C@H]1[C@H](C)CC[C@]2(C(O)O)CC[C@]3(C)C(=CC[C@@H]4[C@@]5(C)CC[C@H](O)C(C)(C)[C@@H]5CC[C@]43C)[C@H]12. The van der Waals surface area contributed by atoms with E-state index in [0.717, 1.165) is 205 Å². The summed E-state index contributed by atoms with van der Waals surface area (Å²) < 4.78 is 0. The highest BCUT2D eigenvalue weighted by Gasteiger charge is 2.77. The van der Waals surface area contributed by atoms with Crippen LogP contribution in [0.3, 0.4) is 0 Å². The fraction of sp³-hybridized carbons (Fsp3) is 0.908. The lowest BCUT2D eigenvalue weighted by Crippen LogP contribution is -2.68. The Morgan fingerprint density at radius 3 is 1.23 bits per heavy atom. The van der Waals surface area contributed by atoms with Crippen LogP contribution in [0.25, 0.3) is 0 Å². The molecular weight excluding hydrogens is 1670 g/mol. The molecule has 0 saturated heterocycles. The number of carboxylic acids is 2. The van der Waals surface area contributed by atoms with E-state index in [1.165, 1.54) is 36.8 Å². The summed E-state index contributed by atoms with van der Waals surface area (Å²) in [5.74, 6) is 4.16. The van der Waals surface area contributed by atoms with Crippen LogP contribution >= 0.6 is 0 Å². The Bertz CT molecular complexity index is 4710. The fourth-order valence-corrected chi connectivity index (χ4v) is 42.9. The van der Waals surface area contributed by atoms with E-state index < -0.39 is 41.5 Å². The summed E-state index contributed by atoms with van der Waals surface area (Å²) >= 11 is 0. The van der Waals surface area contributed by atoms with Crippen molar-refractivity contribution in [1.82, 2.24) is 0 Å².